The maximum atomic E-state index is 13.2. The molecule has 92 valence electrons. The number of benzene rings is 1. The van der Waals surface area contributed by atoms with E-state index < -0.39 is 17.6 Å². The molecule has 0 fully saturated rings. The van der Waals surface area contributed by atoms with Crippen LogP contribution in [0.4, 0.5) is 10.1 Å². The van der Waals surface area contributed by atoms with Gasteiger partial charge in [0.1, 0.15) is 12.1 Å². The Labute approximate surface area is 101 Å². The van der Waals surface area contributed by atoms with E-state index in [1.807, 2.05) is 0 Å². The predicted molar refractivity (Wildman–Crippen MR) is 61.6 cm³/mol. The van der Waals surface area contributed by atoms with Gasteiger partial charge in [-0.3, -0.25) is 9.59 Å². The van der Waals surface area contributed by atoms with Gasteiger partial charge in [0.25, 0.3) is 11.8 Å². The third-order valence-electron chi connectivity index (χ3n) is 2.27. The van der Waals surface area contributed by atoms with Gasteiger partial charge in [-0.25, -0.2) is 4.39 Å². The number of primary amides is 1. The molecule has 3 N–H and O–H groups in total. The van der Waals surface area contributed by atoms with Crippen molar-refractivity contribution in [3.63, 3.8) is 0 Å². The SMILES string of the molecule is NC(=O)c1cc(NC(=O)c2ccoc2)ccc1F. The van der Waals surface area contributed by atoms with E-state index in [1.54, 1.807) is 0 Å². The maximum Gasteiger partial charge on any atom is 0.258 e. The van der Waals surface area contributed by atoms with E-state index in [0.717, 1.165) is 6.07 Å². The largest absolute Gasteiger partial charge is 0.472 e. The molecule has 0 saturated heterocycles. The van der Waals surface area contributed by atoms with Gasteiger partial charge in [-0.2, -0.15) is 0 Å². The van der Waals surface area contributed by atoms with Crippen molar-refractivity contribution in [2.45, 2.75) is 0 Å². The van der Waals surface area contributed by atoms with Crippen molar-refractivity contribution >= 4 is 17.5 Å². The summed E-state index contributed by atoms with van der Waals surface area (Å²) in [6.45, 7) is 0. The molecule has 0 aliphatic carbocycles. The second kappa shape index (κ2) is 4.70. The Bertz CT molecular complexity index is 593. The highest BCUT2D eigenvalue weighted by Crippen LogP contribution is 2.15. The Balaban J connectivity index is 2.22. The minimum atomic E-state index is -0.896. The fourth-order valence-electron chi connectivity index (χ4n) is 1.39. The number of carbonyl (C=O) groups excluding carboxylic acids is 2. The molecule has 18 heavy (non-hydrogen) atoms. The van der Waals surface area contributed by atoms with Gasteiger partial charge in [0, 0.05) is 5.69 Å². The second-order valence-corrected chi connectivity index (χ2v) is 3.53. The van der Waals surface area contributed by atoms with Crippen molar-refractivity contribution in [3.8, 4) is 0 Å². The van der Waals surface area contributed by atoms with E-state index in [9.17, 15) is 14.0 Å². The standard InChI is InChI=1S/C12H9FN2O3/c13-10-2-1-8(5-9(10)11(14)16)15-12(17)7-3-4-18-6-7/h1-6H,(H2,14,16)(H,15,17). The van der Waals surface area contributed by atoms with Crippen molar-refractivity contribution in [2.24, 2.45) is 5.73 Å². The number of hydrogen-bond donors (Lipinski definition) is 2. The summed E-state index contributed by atoms with van der Waals surface area (Å²) in [6.07, 6.45) is 2.63. The van der Waals surface area contributed by atoms with E-state index >= 15 is 0 Å². The molecule has 0 atom stereocenters. The molecule has 1 aromatic heterocycles. The lowest BCUT2D eigenvalue weighted by Gasteiger charge is -2.05. The van der Waals surface area contributed by atoms with Gasteiger partial charge >= 0.3 is 0 Å². The molecule has 0 saturated carbocycles. The highest BCUT2D eigenvalue weighted by Gasteiger charge is 2.11. The first kappa shape index (κ1) is 11.8. The van der Waals surface area contributed by atoms with Gasteiger partial charge in [0.2, 0.25) is 0 Å². The van der Waals surface area contributed by atoms with Crippen LogP contribution >= 0.6 is 0 Å². The second-order valence-electron chi connectivity index (χ2n) is 3.53. The third kappa shape index (κ3) is 2.37. The Morgan fingerprint density at radius 1 is 1.28 bits per heavy atom. The highest BCUT2D eigenvalue weighted by atomic mass is 19.1. The molecule has 0 aliphatic rings. The summed E-state index contributed by atoms with van der Waals surface area (Å²) in [5.74, 6) is -2.05. The fraction of sp³-hybridized carbons (Fsp3) is 0. The smallest absolute Gasteiger partial charge is 0.258 e. The lowest BCUT2D eigenvalue weighted by molar-refractivity contribution is 0.0992. The van der Waals surface area contributed by atoms with Gasteiger partial charge in [-0.05, 0) is 24.3 Å². The summed E-state index contributed by atoms with van der Waals surface area (Å²) in [6, 6.07) is 5.05. The summed E-state index contributed by atoms with van der Waals surface area (Å²) in [5, 5.41) is 2.49. The minimum Gasteiger partial charge on any atom is -0.472 e. The van der Waals surface area contributed by atoms with Gasteiger partial charge < -0.3 is 15.5 Å². The van der Waals surface area contributed by atoms with Crippen LogP contribution < -0.4 is 11.1 Å². The molecule has 6 heteroatoms. The van der Waals surface area contributed by atoms with Crippen LogP contribution in [0, 0.1) is 5.82 Å². The first-order valence-corrected chi connectivity index (χ1v) is 5.01. The van der Waals surface area contributed by atoms with E-state index in [4.69, 9.17) is 10.2 Å². The van der Waals surface area contributed by atoms with Gasteiger partial charge in [-0.1, -0.05) is 0 Å². The van der Waals surface area contributed by atoms with Crippen LogP contribution in [0.2, 0.25) is 0 Å². The van der Waals surface area contributed by atoms with Gasteiger partial charge in [0.05, 0.1) is 17.4 Å². The molecule has 2 aromatic rings. The normalized spacial score (nSPS) is 10.1. The summed E-state index contributed by atoms with van der Waals surface area (Å²) in [4.78, 5) is 22.6. The molecule has 2 amide bonds. The Morgan fingerprint density at radius 2 is 2.06 bits per heavy atom. The number of halogens is 1. The van der Waals surface area contributed by atoms with Crippen molar-refractivity contribution < 1.29 is 18.4 Å². The van der Waals surface area contributed by atoms with Crippen LogP contribution in [0.25, 0.3) is 0 Å². The number of carbonyl (C=O) groups is 2. The molecule has 0 unspecified atom stereocenters. The summed E-state index contributed by atoms with van der Waals surface area (Å²) in [7, 11) is 0. The molecule has 0 spiro atoms. The van der Waals surface area contributed by atoms with Crippen LogP contribution in [-0.4, -0.2) is 11.8 Å². The van der Waals surface area contributed by atoms with Crippen molar-refractivity contribution in [1.29, 1.82) is 0 Å². The van der Waals surface area contributed by atoms with Crippen molar-refractivity contribution in [2.75, 3.05) is 5.32 Å². The topological polar surface area (TPSA) is 85.3 Å². The molecular weight excluding hydrogens is 239 g/mol. The van der Waals surface area contributed by atoms with Crippen molar-refractivity contribution in [1.82, 2.24) is 0 Å². The summed E-state index contributed by atoms with van der Waals surface area (Å²) >= 11 is 0. The molecule has 0 bridgehead atoms. The number of nitrogens with one attached hydrogen (secondary N) is 1. The number of amides is 2. The van der Waals surface area contributed by atoms with E-state index in [0.29, 0.717) is 5.56 Å². The number of furan rings is 1. The van der Waals surface area contributed by atoms with Crippen molar-refractivity contribution in [3.05, 3.63) is 53.7 Å². The van der Waals surface area contributed by atoms with Crippen LogP contribution in [0.1, 0.15) is 20.7 Å². The highest BCUT2D eigenvalue weighted by molar-refractivity contribution is 6.04. The lowest BCUT2D eigenvalue weighted by Crippen LogP contribution is -2.15. The number of anilines is 1. The quantitative estimate of drug-likeness (QED) is 0.867. The molecule has 2 rings (SSSR count). The van der Waals surface area contributed by atoms with Crippen LogP contribution in [0.15, 0.2) is 41.2 Å². The zero-order chi connectivity index (χ0) is 13.1. The first-order chi connectivity index (χ1) is 8.58. The Kier molecular flexibility index (Phi) is 3.09. The van der Waals surface area contributed by atoms with E-state index in [2.05, 4.69) is 5.32 Å². The number of nitrogens with two attached hydrogens (primary N) is 1. The molecule has 0 radical (unpaired) electrons. The van der Waals surface area contributed by atoms with Gasteiger partial charge in [-0.15, -0.1) is 0 Å². The Morgan fingerprint density at radius 3 is 2.67 bits per heavy atom. The number of hydrogen-bond acceptors (Lipinski definition) is 3. The molecule has 0 aliphatic heterocycles. The first-order valence-electron chi connectivity index (χ1n) is 5.01. The molecule has 5 nitrogen and oxygen atoms in total. The average Bonchev–Trinajstić information content (AvgIpc) is 2.85. The fourth-order valence-corrected chi connectivity index (χ4v) is 1.39. The maximum absolute atomic E-state index is 13.2. The van der Waals surface area contributed by atoms with E-state index in [1.165, 1.54) is 30.7 Å². The average molecular weight is 248 g/mol. The summed E-state index contributed by atoms with van der Waals surface area (Å²) in [5.41, 5.74) is 5.32. The zero-order valence-corrected chi connectivity index (χ0v) is 9.14. The van der Waals surface area contributed by atoms with Gasteiger partial charge in [0.15, 0.2) is 0 Å². The molecule has 1 heterocycles. The lowest BCUT2D eigenvalue weighted by atomic mass is 10.1. The minimum absolute atomic E-state index is 0.274. The van der Waals surface area contributed by atoms with E-state index in [-0.39, 0.29) is 11.3 Å². The monoisotopic (exact) mass is 248 g/mol. The van der Waals surface area contributed by atoms with Crippen LogP contribution in [0.5, 0.6) is 0 Å². The third-order valence-corrected chi connectivity index (χ3v) is 2.27. The summed E-state index contributed by atoms with van der Waals surface area (Å²) < 4.78 is 18.0. The zero-order valence-electron chi connectivity index (χ0n) is 9.14. The predicted octanol–water partition coefficient (Wildman–Crippen LogP) is 1.77. The molecule has 1 aromatic carbocycles. The molecular formula is C12H9FN2O3. The number of rotatable bonds is 3. The van der Waals surface area contributed by atoms with Crippen LogP contribution in [0.3, 0.4) is 0 Å². The Hall–Kier alpha value is -2.63. The van der Waals surface area contributed by atoms with Crippen LogP contribution in [-0.2, 0) is 0 Å².